The lowest BCUT2D eigenvalue weighted by Crippen LogP contribution is -2.16. The van der Waals surface area contributed by atoms with Crippen LogP contribution in [-0.4, -0.2) is 42.3 Å². The third kappa shape index (κ3) is 6.18. The topological polar surface area (TPSA) is 58.9 Å². The van der Waals surface area contributed by atoms with Gasteiger partial charge in [0.05, 0.1) is 12.7 Å². The van der Waals surface area contributed by atoms with Gasteiger partial charge in [-0.1, -0.05) is 24.3 Å². The lowest BCUT2D eigenvalue weighted by molar-refractivity contribution is 0.122. The summed E-state index contributed by atoms with van der Waals surface area (Å²) in [5.74, 6) is 1.31. The van der Waals surface area contributed by atoms with Crippen LogP contribution in [-0.2, 0) is 6.42 Å². The van der Waals surface area contributed by atoms with Crippen LogP contribution in [0.3, 0.4) is 0 Å². The maximum Gasteiger partial charge on any atom is 0.157 e. The van der Waals surface area contributed by atoms with E-state index in [0.717, 1.165) is 23.3 Å². The molecule has 0 fully saturated rings. The first-order valence-electron chi connectivity index (χ1n) is 7.93. The fourth-order valence-electron chi connectivity index (χ4n) is 2.10. The van der Waals surface area contributed by atoms with Gasteiger partial charge in [0.2, 0.25) is 0 Å². The summed E-state index contributed by atoms with van der Waals surface area (Å²) in [6.07, 6.45) is -1.09. The number of halogens is 1. The number of aliphatic hydroxyl groups excluding tert-OH is 2. The van der Waals surface area contributed by atoms with Gasteiger partial charge in [-0.2, -0.15) is 0 Å². The Bertz CT molecular complexity index is 596. The highest BCUT2D eigenvalue weighted by Crippen LogP contribution is 2.18. The second-order valence-electron chi connectivity index (χ2n) is 5.72. The Morgan fingerprint density at radius 3 is 1.75 bits per heavy atom. The standard InChI is InChI=1S/C19H23FO4/c1-14(22)12-23-18-6-2-15(3-7-18)10-16-4-8-19(9-5-16)24-13-17(20)11-21/h2-9,14,17,21-22H,10-13H2,1H3. The lowest BCUT2D eigenvalue weighted by Gasteiger charge is -2.10. The molecule has 2 atom stereocenters. The summed E-state index contributed by atoms with van der Waals surface area (Å²) in [5, 5.41) is 17.8. The van der Waals surface area contributed by atoms with E-state index in [0.29, 0.717) is 5.75 Å². The number of rotatable bonds is 9. The van der Waals surface area contributed by atoms with E-state index < -0.39 is 18.9 Å². The SMILES string of the molecule is CC(O)COc1ccc(Cc2ccc(OCC(F)CO)cc2)cc1. The molecule has 0 heterocycles. The van der Waals surface area contributed by atoms with Crippen molar-refractivity contribution in [2.75, 3.05) is 19.8 Å². The van der Waals surface area contributed by atoms with E-state index in [1.54, 1.807) is 19.1 Å². The maximum absolute atomic E-state index is 12.9. The largest absolute Gasteiger partial charge is 0.491 e. The zero-order valence-electron chi connectivity index (χ0n) is 13.7. The normalized spacial score (nSPS) is 13.3. The molecule has 2 aromatic carbocycles. The molecule has 0 aliphatic rings. The van der Waals surface area contributed by atoms with Crippen LogP contribution in [0.5, 0.6) is 11.5 Å². The van der Waals surface area contributed by atoms with Gasteiger partial charge in [0.1, 0.15) is 24.7 Å². The molecule has 5 heteroatoms. The monoisotopic (exact) mass is 334 g/mol. The second kappa shape index (κ2) is 9.25. The van der Waals surface area contributed by atoms with Crippen molar-refractivity contribution in [2.24, 2.45) is 0 Å². The van der Waals surface area contributed by atoms with Crippen LogP contribution in [0.1, 0.15) is 18.1 Å². The van der Waals surface area contributed by atoms with Crippen molar-refractivity contribution in [3.63, 3.8) is 0 Å². The van der Waals surface area contributed by atoms with E-state index in [1.807, 2.05) is 36.4 Å². The fourth-order valence-corrected chi connectivity index (χ4v) is 2.10. The molecule has 0 aliphatic heterocycles. The Hall–Kier alpha value is -2.11. The van der Waals surface area contributed by atoms with E-state index in [1.165, 1.54) is 0 Å². The van der Waals surface area contributed by atoms with Crippen molar-refractivity contribution in [3.05, 3.63) is 59.7 Å². The number of hydrogen-bond donors (Lipinski definition) is 2. The van der Waals surface area contributed by atoms with E-state index in [4.69, 9.17) is 14.6 Å². The summed E-state index contributed by atoms with van der Waals surface area (Å²) >= 11 is 0. The first kappa shape index (κ1) is 18.2. The fraction of sp³-hybridized carbons (Fsp3) is 0.368. The molecule has 2 N–H and O–H groups in total. The molecule has 0 radical (unpaired) electrons. The predicted molar refractivity (Wildman–Crippen MR) is 90.3 cm³/mol. The minimum atomic E-state index is -1.36. The molecule has 2 rings (SSSR count). The molecule has 0 spiro atoms. The first-order chi connectivity index (χ1) is 11.6. The van der Waals surface area contributed by atoms with Crippen LogP contribution in [0.25, 0.3) is 0 Å². The van der Waals surface area contributed by atoms with Crippen molar-refractivity contribution < 1.29 is 24.1 Å². The van der Waals surface area contributed by atoms with Gasteiger partial charge in [0.15, 0.2) is 6.17 Å². The van der Waals surface area contributed by atoms with Crippen molar-refractivity contribution in [1.29, 1.82) is 0 Å². The average molecular weight is 334 g/mol. The van der Waals surface area contributed by atoms with Crippen LogP contribution in [0, 0.1) is 0 Å². The van der Waals surface area contributed by atoms with Gasteiger partial charge in [-0.25, -0.2) is 4.39 Å². The number of hydrogen-bond acceptors (Lipinski definition) is 4. The molecule has 0 bridgehead atoms. The molecule has 0 saturated heterocycles. The van der Waals surface area contributed by atoms with Gasteiger partial charge >= 0.3 is 0 Å². The van der Waals surface area contributed by atoms with E-state index in [9.17, 15) is 9.50 Å². The Kier molecular flexibility index (Phi) is 7.03. The average Bonchev–Trinajstić information content (AvgIpc) is 2.60. The number of benzene rings is 2. The molecule has 2 unspecified atom stereocenters. The van der Waals surface area contributed by atoms with E-state index in [2.05, 4.69) is 0 Å². The maximum atomic E-state index is 12.9. The summed E-state index contributed by atoms with van der Waals surface area (Å²) in [5.41, 5.74) is 2.25. The minimum absolute atomic E-state index is 0.149. The smallest absolute Gasteiger partial charge is 0.157 e. The minimum Gasteiger partial charge on any atom is -0.491 e. The van der Waals surface area contributed by atoms with Crippen LogP contribution in [0.2, 0.25) is 0 Å². The van der Waals surface area contributed by atoms with Crippen LogP contribution in [0.15, 0.2) is 48.5 Å². The highest BCUT2D eigenvalue weighted by Gasteiger charge is 2.05. The van der Waals surface area contributed by atoms with Crippen molar-refractivity contribution in [3.8, 4) is 11.5 Å². The van der Waals surface area contributed by atoms with Crippen LogP contribution >= 0.6 is 0 Å². The Morgan fingerprint density at radius 2 is 1.33 bits per heavy atom. The molecular weight excluding hydrogens is 311 g/mol. The van der Waals surface area contributed by atoms with E-state index in [-0.39, 0.29) is 13.2 Å². The van der Waals surface area contributed by atoms with Crippen molar-refractivity contribution in [2.45, 2.75) is 25.6 Å². The summed E-state index contributed by atoms with van der Waals surface area (Å²) in [6.45, 7) is 1.27. The Morgan fingerprint density at radius 1 is 0.875 bits per heavy atom. The van der Waals surface area contributed by atoms with Crippen molar-refractivity contribution in [1.82, 2.24) is 0 Å². The van der Waals surface area contributed by atoms with E-state index >= 15 is 0 Å². The zero-order valence-corrected chi connectivity index (χ0v) is 13.7. The summed E-state index contributed by atoms with van der Waals surface area (Å²) in [6, 6.07) is 15.2. The van der Waals surface area contributed by atoms with Gasteiger partial charge in [0, 0.05) is 0 Å². The summed E-state index contributed by atoms with van der Waals surface area (Å²) < 4.78 is 23.6. The summed E-state index contributed by atoms with van der Waals surface area (Å²) in [4.78, 5) is 0. The zero-order chi connectivity index (χ0) is 17.4. The first-order valence-corrected chi connectivity index (χ1v) is 7.93. The highest BCUT2D eigenvalue weighted by atomic mass is 19.1. The number of aliphatic hydroxyl groups is 2. The van der Waals surface area contributed by atoms with Crippen LogP contribution < -0.4 is 9.47 Å². The molecular formula is C19H23FO4. The molecule has 130 valence electrons. The highest BCUT2D eigenvalue weighted by molar-refractivity contribution is 5.34. The van der Waals surface area contributed by atoms with Gasteiger partial charge in [-0.3, -0.25) is 0 Å². The van der Waals surface area contributed by atoms with Crippen LogP contribution in [0.4, 0.5) is 4.39 Å². The lowest BCUT2D eigenvalue weighted by atomic mass is 10.0. The molecule has 0 saturated carbocycles. The molecule has 0 amide bonds. The molecule has 24 heavy (non-hydrogen) atoms. The van der Waals surface area contributed by atoms with Gasteiger partial charge in [-0.15, -0.1) is 0 Å². The summed E-state index contributed by atoms with van der Waals surface area (Å²) in [7, 11) is 0. The third-order valence-corrected chi connectivity index (χ3v) is 3.38. The molecule has 0 aliphatic carbocycles. The number of ether oxygens (including phenoxy) is 2. The second-order valence-corrected chi connectivity index (χ2v) is 5.72. The van der Waals surface area contributed by atoms with Gasteiger partial charge < -0.3 is 19.7 Å². The van der Waals surface area contributed by atoms with Gasteiger partial charge in [-0.05, 0) is 48.7 Å². The Labute approximate surface area is 141 Å². The quantitative estimate of drug-likeness (QED) is 0.740. The predicted octanol–water partition coefficient (Wildman–Crippen LogP) is 2.75. The Balaban J connectivity index is 1.86. The number of alkyl halides is 1. The molecule has 4 nitrogen and oxygen atoms in total. The third-order valence-electron chi connectivity index (χ3n) is 3.38. The molecule has 2 aromatic rings. The molecule has 0 aromatic heterocycles. The van der Waals surface area contributed by atoms with Gasteiger partial charge in [0.25, 0.3) is 0 Å². The van der Waals surface area contributed by atoms with Crippen molar-refractivity contribution >= 4 is 0 Å².